The molecule has 3 nitrogen and oxygen atoms in total. The molecule has 0 amide bonds. The highest BCUT2D eigenvalue weighted by Gasteiger charge is 1.97. The van der Waals surface area contributed by atoms with Crippen LogP contribution in [0.4, 0.5) is 0 Å². The zero-order valence-corrected chi connectivity index (χ0v) is 10.1. The molecule has 0 unspecified atom stereocenters. The van der Waals surface area contributed by atoms with Crippen molar-refractivity contribution in [2.45, 2.75) is 13.0 Å². The fourth-order valence-corrected chi connectivity index (χ4v) is 1.64. The topological polar surface area (TPSA) is 35.0 Å². The van der Waals surface area contributed by atoms with E-state index < -0.39 is 0 Å². The molecule has 0 aliphatic heterocycles. The van der Waals surface area contributed by atoms with Crippen LogP contribution in [0.3, 0.4) is 0 Å². The average Bonchev–Trinajstić information content (AvgIpc) is 2.36. The van der Waals surface area contributed by atoms with Crippen molar-refractivity contribution in [1.82, 2.24) is 9.97 Å². The van der Waals surface area contributed by atoms with E-state index in [4.69, 9.17) is 16.3 Å². The normalized spacial score (nSPS) is 10.4. The molecule has 0 bridgehead atoms. The van der Waals surface area contributed by atoms with E-state index in [1.807, 2.05) is 30.3 Å². The Morgan fingerprint density at radius 1 is 1.12 bits per heavy atom. The van der Waals surface area contributed by atoms with E-state index in [9.17, 15) is 0 Å². The third-order valence-electron chi connectivity index (χ3n) is 2.29. The van der Waals surface area contributed by atoms with E-state index in [0.717, 1.165) is 17.7 Å². The smallest absolute Gasteiger partial charge is 0.129 e. The van der Waals surface area contributed by atoms with E-state index in [1.54, 1.807) is 12.4 Å². The predicted octanol–water partition coefficient (Wildman–Crippen LogP) is 2.89. The Labute approximate surface area is 105 Å². The number of halogens is 1. The number of ether oxygens (including phenoxy) is 1. The molecule has 0 N–H and O–H groups in total. The van der Waals surface area contributed by atoms with E-state index >= 15 is 0 Å². The van der Waals surface area contributed by atoms with Crippen molar-refractivity contribution in [1.29, 1.82) is 0 Å². The molecule has 0 spiro atoms. The summed E-state index contributed by atoms with van der Waals surface area (Å²) in [5, 5.41) is 0.496. The van der Waals surface area contributed by atoms with Crippen LogP contribution in [-0.4, -0.2) is 16.6 Å². The number of hydrogen-bond donors (Lipinski definition) is 0. The van der Waals surface area contributed by atoms with Gasteiger partial charge in [-0.2, -0.15) is 0 Å². The van der Waals surface area contributed by atoms with Crippen LogP contribution in [0.2, 0.25) is 5.15 Å². The SMILES string of the molecule is Clc1cc(COCCc2ccccn2)ccn1. The van der Waals surface area contributed by atoms with Gasteiger partial charge in [0.2, 0.25) is 0 Å². The second kappa shape index (κ2) is 6.33. The molecule has 2 aromatic heterocycles. The van der Waals surface area contributed by atoms with E-state index in [2.05, 4.69) is 9.97 Å². The first-order chi connectivity index (χ1) is 8.34. The van der Waals surface area contributed by atoms with Crippen LogP contribution < -0.4 is 0 Å². The van der Waals surface area contributed by atoms with Crippen LogP contribution in [-0.2, 0) is 17.8 Å². The summed E-state index contributed by atoms with van der Waals surface area (Å²) in [5.41, 5.74) is 2.08. The standard InChI is InChI=1S/C13H13ClN2O/c14-13-9-11(4-7-16-13)10-17-8-5-12-3-1-2-6-15-12/h1-4,6-7,9H,5,8,10H2. The summed E-state index contributed by atoms with van der Waals surface area (Å²) in [4.78, 5) is 8.14. The van der Waals surface area contributed by atoms with Crippen LogP contribution in [0.1, 0.15) is 11.3 Å². The Morgan fingerprint density at radius 3 is 2.82 bits per heavy atom. The lowest BCUT2D eigenvalue weighted by atomic mass is 10.3. The third-order valence-corrected chi connectivity index (χ3v) is 2.50. The average molecular weight is 249 g/mol. The second-order valence-electron chi connectivity index (χ2n) is 3.61. The molecular formula is C13H13ClN2O. The molecular weight excluding hydrogens is 236 g/mol. The lowest BCUT2D eigenvalue weighted by molar-refractivity contribution is 0.123. The number of hydrogen-bond acceptors (Lipinski definition) is 3. The van der Waals surface area contributed by atoms with Gasteiger partial charge in [0.05, 0.1) is 13.2 Å². The number of nitrogens with zero attached hydrogens (tertiary/aromatic N) is 2. The van der Waals surface area contributed by atoms with E-state index in [1.165, 1.54) is 0 Å². The third kappa shape index (κ3) is 4.13. The second-order valence-corrected chi connectivity index (χ2v) is 4.00. The minimum atomic E-state index is 0.496. The van der Waals surface area contributed by atoms with Crippen molar-refractivity contribution in [2.24, 2.45) is 0 Å². The van der Waals surface area contributed by atoms with Gasteiger partial charge in [0.15, 0.2) is 0 Å². The Kier molecular flexibility index (Phi) is 4.47. The number of aromatic nitrogens is 2. The van der Waals surface area contributed by atoms with Gasteiger partial charge < -0.3 is 4.74 Å². The zero-order valence-electron chi connectivity index (χ0n) is 9.34. The molecule has 17 heavy (non-hydrogen) atoms. The first-order valence-electron chi connectivity index (χ1n) is 5.43. The largest absolute Gasteiger partial charge is 0.376 e. The molecule has 0 saturated heterocycles. The summed E-state index contributed by atoms with van der Waals surface area (Å²) in [7, 11) is 0. The molecule has 0 atom stereocenters. The van der Waals surface area contributed by atoms with Gasteiger partial charge in [-0.3, -0.25) is 4.98 Å². The van der Waals surface area contributed by atoms with Gasteiger partial charge in [0.25, 0.3) is 0 Å². The predicted molar refractivity (Wildman–Crippen MR) is 66.8 cm³/mol. The Hall–Kier alpha value is -1.45. The maximum absolute atomic E-state index is 5.78. The molecule has 0 aliphatic rings. The molecule has 0 fully saturated rings. The highest BCUT2D eigenvalue weighted by Crippen LogP contribution is 2.08. The van der Waals surface area contributed by atoms with Crippen LogP contribution >= 0.6 is 11.6 Å². The molecule has 2 rings (SSSR count). The van der Waals surface area contributed by atoms with Crippen molar-refractivity contribution in [3.8, 4) is 0 Å². The van der Waals surface area contributed by atoms with Crippen LogP contribution in [0, 0.1) is 0 Å². The van der Waals surface area contributed by atoms with Gasteiger partial charge in [-0.05, 0) is 29.8 Å². The molecule has 4 heteroatoms. The van der Waals surface area contributed by atoms with Gasteiger partial charge in [-0.1, -0.05) is 17.7 Å². The van der Waals surface area contributed by atoms with Crippen molar-refractivity contribution in [3.63, 3.8) is 0 Å². The van der Waals surface area contributed by atoms with Gasteiger partial charge in [0, 0.05) is 24.5 Å². The van der Waals surface area contributed by atoms with Crippen molar-refractivity contribution < 1.29 is 4.74 Å². The monoisotopic (exact) mass is 248 g/mol. The Balaban J connectivity index is 1.73. The lowest BCUT2D eigenvalue weighted by Crippen LogP contribution is -2.00. The first kappa shape index (κ1) is 12.0. The minimum absolute atomic E-state index is 0.496. The van der Waals surface area contributed by atoms with Crippen molar-refractivity contribution >= 4 is 11.6 Å². The molecule has 0 radical (unpaired) electrons. The number of rotatable bonds is 5. The zero-order chi connectivity index (χ0) is 11.9. The molecule has 2 aromatic rings. The highest BCUT2D eigenvalue weighted by atomic mass is 35.5. The van der Waals surface area contributed by atoms with E-state index in [-0.39, 0.29) is 0 Å². The van der Waals surface area contributed by atoms with Crippen LogP contribution in [0.15, 0.2) is 42.7 Å². The van der Waals surface area contributed by atoms with E-state index in [0.29, 0.717) is 18.4 Å². The van der Waals surface area contributed by atoms with Gasteiger partial charge in [-0.25, -0.2) is 4.98 Å². The summed E-state index contributed by atoms with van der Waals surface area (Å²) in [5.74, 6) is 0. The minimum Gasteiger partial charge on any atom is -0.376 e. The summed E-state index contributed by atoms with van der Waals surface area (Å²) >= 11 is 5.78. The summed E-state index contributed by atoms with van der Waals surface area (Å²) < 4.78 is 5.55. The maximum atomic E-state index is 5.78. The highest BCUT2D eigenvalue weighted by molar-refractivity contribution is 6.29. The van der Waals surface area contributed by atoms with Gasteiger partial charge >= 0.3 is 0 Å². The maximum Gasteiger partial charge on any atom is 0.129 e. The Morgan fingerprint density at radius 2 is 2.06 bits per heavy atom. The molecule has 0 aliphatic carbocycles. The Bertz CT molecular complexity index is 462. The summed E-state index contributed by atoms with van der Waals surface area (Å²) in [6.07, 6.45) is 4.29. The summed E-state index contributed by atoms with van der Waals surface area (Å²) in [6, 6.07) is 9.58. The van der Waals surface area contributed by atoms with Crippen molar-refractivity contribution in [2.75, 3.05) is 6.61 Å². The fourth-order valence-electron chi connectivity index (χ4n) is 1.45. The lowest BCUT2D eigenvalue weighted by Gasteiger charge is -2.04. The van der Waals surface area contributed by atoms with Gasteiger partial charge in [0.1, 0.15) is 5.15 Å². The first-order valence-corrected chi connectivity index (χ1v) is 5.80. The molecule has 2 heterocycles. The van der Waals surface area contributed by atoms with Crippen LogP contribution in [0.5, 0.6) is 0 Å². The molecule has 88 valence electrons. The van der Waals surface area contributed by atoms with Gasteiger partial charge in [-0.15, -0.1) is 0 Å². The quantitative estimate of drug-likeness (QED) is 0.603. The van der Waals surface area contributed by atoms with Crippen molar-refractivity contribution in [3.05, 3.63) is 59.1 Å². The summed E-state index contributed by atoms with van der Waals surface area (Å²) in [6.45, 7) is 1.20. The molecule has 0 saturated carbocycles. The molecule has 0 aromatic carbocycles. The number of pyridine rings is 2. The fraction of sp³-hybridized carbons (Fsp3) is 0.231. The van der Waals surface area contributed by atoms with Crippen LogP contribution in [0.25, 0.3) is 0 Å².